The normalized spacial score (nSPS) is 19.6. The third-order valence-corrected chi connectivity index (χ3v) is 4.14. The van der Waals surface area contributed by atoms with Crippen molar-refractivity contribution in [2.75, 3.05) is 19.6 Å². The summed E-state index contributed by atoms with van der Waals surface area (Å²) < 4.78 is 0. The second-order valence-electron chi connectivity index (χ2n) is 5.83. The Bertz CT molecular complexity index is 445. The molecular formula is C17H26N2O2. The van der Waals surface area contributed by atoms with Gasteiger partial charge in [0, 0.05) is 19.1 Å². The molecule has 1 heterocycles. The van der Waals surface area contributed by atoms with Crippen LogP contribution in [0.4, 0.5) is 0 Å². The number of likely N-dealkylation sites (tertiary alicyclic amines) is 1. The number of hydrogen-bond donors (Lipinski definition) is 2. The van der Waals surface area contributed by atoms with Gasteiger partial charge in [0.15, 0.2) is 0 Å². The lowest BCUT2D eigenvalue weighted by atomic mass is 10.0. The SMILES string of the molecule is CCCNCC1CCCCN1Cc1ccc(C(=O)O)cc1. The summed E-state index contributed by atoms with van der Waals surface area (Å²) in [6, 6.07) is 7.88. The van der Waals surface area contributed by atoms with Crippen molar-refractivity contribution in [3.8, 4) is 0 Å². The lowest BCUT2D eigenvalue weighted by Crippen LogP contribution is -2.45. The minimum absolute atomic E-state index is 0.360. The Labute approximate surface area is 127 Å². The average Bonchev–Trinajstić information content (AvgIpc) is 2.50. The van der Waals surface area contributed by atoms with Crippen molar-refractivity contribution in [1.29, 1.82) is 0 Å². The van der Waals surface area contributed by atoms with Crippen LogP contribution < -0.4 is 5.32 Å². The minimum Gasteiger partial charge on any atom is -0.478 e. The number of rotatable bonds is 7. The van der Waals surface area contributed by atoms with Crippen molar-refractivity contribution in [3.05, 3.63) is 35.4 Å². The number of nitrogens with one attached hydrogen (secondary N) is 1. The fraction of sp³-hybridized carbons (Fsp3) is 0.588. The van der Waals surface area contributed by atoms with Crippen LogP contribution in [0.25, 0.3) is 0 Å². The molecule has 4 nitrogen and oxygen atoms in total. The number of carboxylic acid groups (broad SMARTS) is 1. The molecular weight excluding hydrogens is 264 g/mol. The van der Waals surface area contributed by atoms with E-state index in [9.17, 15) is 4.79 Å². The number of carboxylic acids is 1. The molecule has 0 aromatic heterocycles. The van der Waals surface area contributed by atoms with Gasteiger partial charge in [-0.1, -0.05) is 25.5 Å². The second kappa shape index (κ2) is 8.15. The Morgan fingerprint density at radius 3 is 2.76 bits per heavy atom. The van der Waals surface area contributed by atoms with E-state index in [1.54, 1.807) is 12.1 Å². The molecule has 0 spiro atoms. The molecule has 1 fully saturated rings. The first-order valence-electron chi connectivity index (χ1n) is 7.97. The lowest BCUT2D eigenvalue weighted by Gasteiger charge is -2.36. The van der Waals surface area contributed by atoms with Gasteiger partial charge in [-0.05, 0) is 50.0 Å². The van der Waals surface area contributed by atoms with Crippen molar-refractivity contribution >= 4 is 5.97 Å². The van der Waals surface area contributed by atoms with Crippen molar-refractivity contribution < 1.29 is 9.90 Å². The minimum atomic E-state index is -0.860. The zero-order valence-electron chi connectivity index (χ0n) is 12.8. The number of hydrogen-bond acceptors (Lipinski definition) is 3. The maximum absolute atomic E-state index is 10.9. The number of carbonyl (C=O) groups is 1. The number of nitrogens with zero attached hydrogens (tertiary/aromatic N) is 1. The number of piperidine rings is 1. The third kappa shape index (κ3) is 4.83. The molecule has 1 unspecified atom stereocenters. The van der Waals surface area contributed by atoms with E-state index in [1.165, 1.54) is 31.2 Å². The standard InChI is InChI=1S/C17H26N2O2/c1-2-10-18-12-16-5-3-4-11-19(16)13-14-6-8-15(9-7-14)17(20)21/h6-9,16,18H,2-5,10-13H2,1H3,(H,20,21). The smallest absolute Gasteiger partial charge is 0.335 e. The topological polar surface area (TPSA) is 52.6 Å². The van der Waals surface area contributed by atoms with Gasteiger partial charge in [0.1, 0.15) is 0 Å². The molecule has 1 atom stereocenters. The van der Waals surface area contributed by atoms with E-state index >= 15 is 0 Å². The molecule has 0 amide bonds. The summed E-state index contributed by atoms with van der Waals surface area (Å²) >= 11 is 0. The highest BCUT2D eigenvalue weighted by molar-refractivity contribution is 5.87. The molecule has 1 saturated heterocycles. The highest BCUT2D eigenvalue weighted by atomic mass is 16.4. The quantitative estimate of drug-likeness (QED) is 0.758. The van der Waals surface area contributed by atoms with E-state index in [4.69, 9.17) is 5.11 Å². The van der Waals surface area contributed by atoms with Gasteiger partial charge in [0.25, 0.3) is 0 Å². The van der Waals surface area contributed by atoms with E-state index < -0.39 is 5.97 Å². The first-order chi connectivity index (χ1) is 10.2. The molecule has 0 saturated carbocycles. The van der Waals surface area contributed by atoms with Gasteiger partial charge in [-0.2, -0.15) is 0 Å². The van der Waals surface area contributed by atoms with Gasteiger partial charge >= 0.3 is 5.97 Å². The van der Waals surface area contributed by atoms with Gasteiger partial charge in [0.2, 0.25) is 0 Å². The molecule has 1 aliphatic heterocycles. The zero-order chi connectivity index (χ0) is 15.1. The van der Waals surface area contributed by atoms with Crippen LogP contribution >= 0.6 is 0 Å². The predicted octanol–water partition coefficient (Wildman–Crippen LogP) is 2.74. The summed E-state index contributed by atoms with van der Waals surface area (Å²) in [6.07, 6.45) is 5.00. The maximum atomic E-state index is 10.9. The second-order valence-corrected chi connectivity index (χ2v) is 5.83. The molecule has 2 rings (SSSR count). The Balaban J connectivity index is 1.93. The van der Waals surface area contributed by atoms with Crippen LogP contribution in [-0.4, -0.2) is 41.7 Å². The van der Waals surface area contributed by atoms with Gasteiger partial charge in [-0.15, -0.1) is 0 Å². The van der Waals surface area contributed by atoms with Crippen LogP contribution in [0.15, 0.2) is 24.3 Å². The van der Waals surface area contributed by atoms with Crippen molar-refractivity contribution in [2.24, 2.45) is 0 Å². The summed E-state index contributed by atoms with van der Waals surface area (Å²) in [6.45, 7) is 6.38. The molecule has 1 aromatic carbocycles. The highest BCUT2D eigenvalue weighted by Crippen LogP contribution is 2.19. The van der Waals surface area contributed by atoms with E-state index in [0.717, 1.165) is 26.2 Å². The van der Waals surface area contributed by atoms with Gasteiger partial charge in [-0.25, -0.2) is 4.79 Å². The molecule has 2 N–H and O–H groups in total. The fourth-order valence-corrected chi connectivity index (χ4v) is 2.93. The molecule has 0 bridgehead atoms. The van der Waals surface area contributed by atoms with Gasteiger partial charge < -0.3 is 10.4 Å². The Hall–Kier alpha value is -1.39. The van der Waals surface area contributed by atoms with Gasteiger partial charge in [0.05, 0.1) is 5.56 Å². The average molecular weight is 290 g/mol. The third-order valence-electron chi connectivity index (χ3n) is 4.14. The van der Waals surface area contributed by atoms with Crippen molar-refractivity contribution in [2.45, 2.75) is 45.2 Å². The first-order valence-corrected chi connectivity index (χ1v) is 7.97. The van der Waals surface area contributed by atoms with Gasteiger partial charge in [-0.3, -0.25) is 4.90 Å². The van der Waals surface area contributed by atoms with E-state index in [1.807, 2.05) is 12.1 Å². The maximum Gasteiger partial charge on any atom is 0.335 e. The first kappa shape index (κ1) is 16.0. The Morgan fingerprint density at radius 1 is 1.33 bits per heavy atom. The molecule has 21 heavy (non-hydrogen) atoms. The van der Waals surface area contributed by atoms with E-state index in [2.05, 4.69) is 17.1 Å². The van der Waals surface area contributed by atoms with Crippen molar-refractivity contribution in [1.82, 2.24) is 10.2 Å². The van der Waals surface area contributed by atoms with Crippen LogP contribution in [0, 0.1) is 0 Å². The zero-order valence-corrected chi connectivity index (χ0v) is 12.8. The fourth-order valence-electron chi connectivity index (χ4n) is 2.93. The van der Waals surface area contributed by atoms with Crippen LogP contribution in [-0.2, 0) is 6.54 Å². The van der Waals surface area contributed by atoms with E-state index in [0.29, 0.717) is 11.6 Å². The van der Waals surface area contributed by atoms with Crippen LogP contribution in [0.3, 0.4) is 0 Å². The van der Waals surface area contributed by atoms with E-state index in [-0.39, 0.29) is 0 Å². The molecule has 116 valence electrons. The predicted molar refractivity (Wildman–Crippen MR) is 84.6 cm³/mol. The monoisotopic (exact) mass is 290 g/mol. The molecule has 0 aliphatic carbocycles. The Kier molecular flexibility index (Phi) is 6.21. The summed E-state index contributed by atoms with van der Waals surface area (Å²) in [5.74, 6) is -0.860. The highest BCUT2D eigenvalue weighted by Gasteiger charge is 2.21. The molecule has 4 heteroatoms. The summed E-state index contributed by atoms with van der Waals surface area (Å²) in [4.78, 5) is 13.4. The molecule has 0 radical (unpaired) electrons. The number of aromatic carboxylic acids is 1. The Morgan fingerprint density at radius 2 is 2.10 bits per heavy atom. The number of benzene rings is 1. The summed E-state index contributed by atoms with van der Waals surface area (Å²) in [5.41, 5.74) is 1.56. The van der Waals surface area contributed by atoms with Crippen LogP contribution in [0.1, 0.15) is 48.5 Å². The molecule has 1 aromatic rings. The largest absolute Gasteiger partial charge is 0.478 e. The van der Waals surface area contributed by atoms with Crippen LogP contribution in [0.2, 0.25) is 0 Å². The van der Waals surface area contributed by atoms with Crippen LogP contribution in [0.5, 0.6) is 0 Å². The summed E-state index contributed by atoms with van der Waals surface area (Å²) in [7, 11) is 0. The lowest BCUT2D eigenvalue weighted by molar-refractivity contribution is 0.0697. The van der Waals surface area contributed by atoms with Crippen molar-refractivity contribution in [3.63, 3.8) is 0 Å². The summed E-state index contributed by atoms with van der Waals surface area (Å²) in [5, 5.41) is 12.5. The molecule has 1 aliphatic rings.